The van der Waals surface area contributed by atoms with E-state index in [2.05, 4.69) is 28.6 Å². The lowest BCUT2D eigenvalue weighted by Crippen LogP contribution is -2.39. The Morgan fingerprint density at radius 1 is 1.35 bits per heavy atom. The second-order valence-electron chi connectivity index (χ2n) is 5.88. The number of thiophene rings is 1. The van der Waals surface area contributed by atoms with Gasteiger partial charge in [-0.25, -0.2) is 0 Å². The summed E-state index contributed by atoms with van der Waals surface area (Å²) in [5.41, 5.74) is 2.62. The highest BCUT2D eigenvalue weighted by Gasteiger charge is 2.26. The molecule has 23 heavy (non-hydrogen) atoms. The monoisotopic (exact) mass is 328 g/mol. The molecule has 1 aromatic heterocycles. The topological polar surface area (TPSA) is 49.4 Å². The third kappa shape index (κ3) is 3.51. The molecular formula is C18H20N2O2S. The molecule has 1 amide bonds. The molecule has 4 nitrogen and oxygen atoms in total. The molecule has 1 N–H and O–H groups in total. The van der Waals surface area contributed by atoms with Crippen LogP contribution in [0.15, 0.2) is 35.7 Å². The first-order valence-corrected chi connectivity index (χ1v) is 8.63. The fourth-order valence-corrected chi connectivity index (χ4v) is 3.94. The summed E-state index contributed by atoms with van der Waals surface area (Å²) >= 11 is 1.80. The van der Waals surface area contributed by atoms with Crippen LogP contribution < -0.4 is 5.32 Å². The van der Waals surface area contributed by atoms with Crippen molar-refractivity contribution in [3.05, 3.63) is 51.7 Å². The molecule has 0 bridgehead atoms. The van der Waals surface area contributed by atoms with Crippen molar-refractivity contribution in [3.8, 4) is 0 Å². The fraction of sp³-hybridized carbons (Fsp3) is 0.333. The van der Waals surface area contributed by atoms with Gasteiger partial charge in [-0.2, -0.15) is 0 Å². The lowest BCUT2D eigenvalue weighted by molar-refractivity contribution is -0.117. The number of fused-ring (bicyclic) bond motifs is 1. The van der Waals surface area contributed by atoms with E-state index < -0.39 is 0 Å². The van der Waals surface area contributed by atoms with E-state index >= 15 is 0 Å². The minimum absolute atomic E-state index is 0.00395. The van der Waals surface area contributed by atoms with Gasteiger partial charge < -0.3 is 5.32 Å². The standard InChI is InChI=1S/C18H20N2O2S/c1-12-16-7-9-23-17(16)6-8-20(12)11-18(22)19-15-5-3-4-14(10-15)13(2)21/h3-5,7,9-10,12H,6,8,11H2,1-2H3,(H,19,22)/t12-/m1/s1. The predicted molar refractivity (Wildman–Crippen MR) is 93.1 cm³/mol. The third-order valence-electron chi connectivity index (χ3n) is 4.30. The second kappa shape index (κ2) is 6.64. The fourth-order valence-electron chi connectivity index (χ4n) is 2.98. The molecule has 120 valence electrons. The molecule has 0 aliphatic carbocycles. The Balaban J connectivity index is 1.64. The second-order valence-corrected chi connectivity index (χ2v) is 6.88. The van der Waals surface area contributed by atoms with Crippen molar-refractivity contribution in [1.82, 2.24) is 4.90 Å². The van der Waals surface area contributed by atoms with Crippen LogP contribution >= 0.6 is 11.3 Å². The summed E-state index contributed by atoms with van der Waals surface area (Å²) < 4.78 is 0. The first-order chi connectivity index (χ1) is 11.0. The largest absolute Gasteiger partial charge is 0.325 e. The van der Waals surface area contributed by atoms with Gasteiger partial charge in [-0.3, -0.25) is 14.5 Å². The Bertz CT molecular complexity index is 738. The van der Waals surface area contributed by atoms with Gasteiger partial charge in [0.2, 0.25) is 5.91 Å². The zero-order valence-corrected chi connectivity index (χ0v) is 14.2. The number of carbonyl (C=O) groups is 2. The Morgan fingerprint density at radius 3 is 2.96 bits per heavy atom. The van der Waals surface area contributed by atoms with Gasteiger partial charge in [0.15, 0.2) is 5.78 Å². The summed E-state index contributed by atoms with van der Waals surface area (Å²) in [5.74, 6) is -0.0491. The highest BCUT2D eigenvalue weighted by Crippen LogP contribution is 2.32. The summed E-state index contributed by atoms with van der Waals surface area (Å²) in [7, 11) is 0. The summed E-state index contributed by atoms with van der Waals surface area (Å²) in [6, 6.07) is 9.48. The Hall–Kier alpha value is -1.98. The Morgan fingerprint density at radius 2 is 2.17 bits per heavy atom. The quantitative estimate of drug-likeness (QED) is 0.874. The molecule has 3 rings (SSSR count). The van der Waals surface area contributed by atoms with E-state index in [1.807, 2.05) is 0 Å². The zero-order chi connectivity index (χ0) is 16.4. The minimum atomic E-state index is -0.0452. The van der Waals surface area contributed by atoms with Crippen molar-refractivity contribution in [2.24, 2.45) is 0 Å². The van der Waals surface area contributed by atoms with Gasteiger partial charge in [0, 0.05) is 28.7 Å². The van der Waals surface area contributed by atoms with Crippen LogP contribution in [0.2, 0.25) is 0 Å². The molecule has 0 saturated carbocycles. The smallest absolute Gasteiger partial charge is 0.238 e. The van der Waals surface area contributed by atoms with Crippen LogP contribution in [-0.4, -0.2) is 29.7 Å². The van der Waals surface area contributed by atoms with Gasteiger partial charge >= 0.3 is 0 Å². The maximum Gasteiger partial charge on any atom is 0.238 e. The molecule has 0 saturated heterocycles. The van der Waals surface area contributed by atoms with Crippen molar-refractivity contribution in [3.63, 3.8) is 0 Å². The van der Waals surface area contributed by atoms with Gasteiger partial charge in [0.25, 0.3) is 0 Å². The van der Waals surface area contributed by atoms with E-state index in [0.29, 0.717) is 17.8 Å². The molecule has 2 heterocycles. The van der Waals surface area contributed by atoms with E-state index in [-0.39, 0.29) is 17.7 Å². The minimum Gasteiger partial charge on any atom is -0.325 e. The summed E-state index contributed by atoms with van der Waals surface area (Å²) in [6.07, 6.45) is 1.00. The molecule has 1 aliphatic rings. The van der Waals surface area contributed by atoms with Crippen LogP contribution in [0.4, 0.5) is 5.69 Å². The molecule has 1 aromatic carbocycles. The first-order valence-electron chi connectivity index (χ1n) is 7.76. The zero-order valence-electron chi connectivity index (χ0n) is 13.3. The van der Waals surface area contributed by atoms with Gasteiger partial charge in [0.1, 0.15) is 0 Å². The number of ketones is 1. The molecule has 0 radical (unpaired) electrons. The summed E-state index contributed by atoms with van der Waals surface area (Å²) in [4.78, 5) is 27.4. The van der Waals surface area contributed by atoms with Crippen LogP contribution in [0.25, 0.3) is 0 Å². The van der Waals surface area contributed by atoms with Crippen molar-refractivity contribution in [1.29, 1.82) is 0 Å². The van der Waals surface area contributed by atoms with Crippen LogP contribution in [0, 0.1) is 0 Å². The highest BCUT2D eigenvalue weighted by atomic mass is 32.1. The van der Waals surface area contributed by atoms with Gasteiger partial charge in [-0.1, -0.05) is 12.1 Å². The molecule has 2 aromatic rings. The molecule has 0 spiro atoms. The van der Waals surface area contributed by atoms with Gasteiger partial charge in [0.05, 0.1) is 6.54 Å². The van der Waals surface area contributed by atoms with Crippen molar-refractivity contribution < 1.29 is 9.59 Å². The van der Waals surface area contributed by atoms with E-state index in [1.54, 1.807) is 35.6 Å². The van der Waals surface area contributed by atoms with E-state index in [0.717, 1.165) is 13.0 Å². The number of hydrogen-bond donors (Lipinski definition) is 1. The van der Waals surface area contributed by atoms with E-state index in [9.17, 15) is 9.59 Å². The van der Waals surface area contributed by atoms with Crippen LogP contribution in [0.1, 0.15) is 40.7 Å². The Kier molecular flexibility index (Phi) is 4.59. The average molecular weight is 328 g/mol. The lowest BCUT2D eigenvalue weighted by Gasteiger charge is -2.32. The third-order valence-corrected chi connectivity index (χ3v) is 5.30. The van der Waals surface area contributed by atoms with Gasteiger partial charge in [-0.15, -0.1) is 11.3 Å². The molecule has 0 unspecified atom stereocenters. The number of hydrogen-bond acceptors (Lipinski definition) is 4. The maximum atomic E-state index is 12.3. The first kappa shape index (κ1) is 15.9. The van der Waals surface area contributed by atoms with Crippen molar-refractivity contribution >= 4 is 28.7 Å². The van der Waals surface area contributed by atoms with Crippen LogP contribution in [0.5, 0.6) is 0 Å². The van der Waals surface area contributed by atoms with Crippen LogP contribution in [-0.2, 0) is 11.2 Å². The maximum absolute atomic E-state index is 12.3. The number of benzene rings is 1. The molecule has 1 aliphatic heterocycles. The highest BCUT2D eigenvalue weighted by molar-refractivity contribution is 7.10. The van der Waals surface area contributed by atoms with Crippen molar-refractivity contribution in [2.45, 2.75) is 26.3 Å². The van der Waals surface area contributed by atoms with Crippen LogP contribution in [0.3, 0.4) is 0 Å². The summed E-state index contributed by atoms with van der Waals surface area (Å²) in [6.45, 7) is 4.93. The molecule has 0 fully saturated rings. The average Bonchev–Trinajstić information content (AvgIpc) is 2.99. The number of Topliss-reactive ketones (excluding diaryl/α,β-unsaturated/α-hetero) is 1. The van der Waals surface area contributed by atoms with E-state index in [1.165, 1.54) is 17.4 Å². The molecule has 1 atom stereocenters. The SMILES string of the molecule is CC(=O)c1cccc(NC(=O)CN2CCc3sccc3[C@H]2C)c1. The lowest BCUT2D eigenvalue weighted by atomic mass is 10.0. The number of nitrogens with one attached hydrogen (secondary N) is 1. The predicted octanol–water partition coefficient (Wildman–Crippen LogP) is 3.51. The number of nitrogens with zero attached hydrogens (tertiary/aromatic N) is 1. The normalized spacial score (nSPS) is 17.6. The number of anilines is 1. The molecular weight excluding hydrogens is 308 g/mol. The van der Waals surface area contributed by atoms with E-state index in [4.69, 9.17) is 0 Å². The van der Waals surface area contributed by atoms with Gasteiger partial charge in [-0.05, 0) is 49.4 Å². The van der Waals surface area contributed by atoms with Crippen molar-refractivity contribution in [2.75, 3.05) is 18.4 Å². The summed E-state index contributed by atoms with van der Waals surface area (Å²) in [5, 5.41) is 5.02. The Labute approximate surface area is 140 Å². The number of rotatable bonds is 4. The number of amides is 1. The number of carbonyl (C=O) groups excluding carboxylic acids is 2. The molecule has 5 heteroatoms.